The van der Waals surface area contributed by atoms with Crippen molar-refractivity contribution in [1.82, 2.24) is 10.2 Å². The first-order valence-electron chi connectivity index (χ1n) is 13.3. The Morgan fingerprint density at radius 3 is 2.20 bits per heavy atom. The van der Waals surface area contributed by atoms with Crippen molar-refractivity contribution in [2.24, 2.45) is 11.8 Å². The van der Waals surface area contributed by atoms with Crippen LogP contribution in [0, 0.1) is 11.8 Å². The second-order valence-corrected chi connectivity index (χ2v) is 9.33. The van der Waals surface area contributed by atoms with Crippen molar-refractivity contribution in [2.45, 2.75) is 33.6 Å². The predicted molar refractivity (Wildman–Crippen MR) is 150 cm³/mol. The first kappa shape index (κ1) is 30.8. The van der Waals surface area contributed by atoms with Crippen molar-refractivity contribution >= 4 is 35.4 Å². The number of dihydropyridines is 1. The molecule has 0 bridgehead atoms. The molecule has 3 unspecified atom stereocenters. The third-order valence-electron chi connectivity index (χ3n) is 6.70. The van der Waals surface area contributed by atoms with Crippen LogP contribution in [0.5, 0.6) is 0 Å². The summed E-state index contributed by atoms with van der Waals surface area (Å²) in [5.41, 5.74) is 1.79. The summed E-state index contributed by atoms with van der Waals surface area (Å²) in [7, 11) is 1.27. The number of hydrogen-bond acceptors (Lipinski definition) is 8. The number of likely N-dealkylation sites (tertiary alicyclic amines) is 1. The van der Waals surface area contributed by atoms with Crippen molar-refractivity contribution < 1.29 is 33.4 Å². The number of rotatable bonds is 9. The second-order valence-electron chi connectivity index (χ2n) is 8.92. The predicted octanol–water partition coefficient (Wildman–Crippen LogP) is 4.06. The lowest BCUT2D eigenvalue weighted by Crippen LogP contribution is -2.36. The topological polar surface area (TPSA) is 111 Å². The number of ether oxygens (including phenoxy) is 3. The average Bonchev–Trinajstić information content (AvgIpc) is 3.20. The molecule has 0 spiro atoms. The van der Waals surface area contributed by atoms with Gasteiger partial charge in [-0.25, -0.2) is 9.59 Å². The van der Waals surface area contributed by atoms with Crippen molar-refractivity contribution in [1.29, 1.82) is 0 Å². The van der Waals surface area contributed by atoms with E-state index < -0.39 is 29.7 Å². The van der Waals surface area contributed by atoms with Crippen LogP contribution in [0.3, 0.4) is 0 Å². The maximum Gasteiger partial charge on any atom is 0.336 e. The number of methoxy groups -OCH3 is 1. The zero-order valence-corrected chi connectivity index (χ0v) is 24.1. The van der Waals surface area contributed by atoms with Gasteiger partial charge >= 0.3 is 11.9 Å². The largest absolute Gasteiger partial charge is 0.466 e. The highest BCUT2D eigenvalue weighted by Gasteiger charge is 2.45. The van der Waals surface area contributed by atoms with Crippen molar-refractivity contribution in [3.05, 3.63) is 81.7 Å². The van der Waals surface area contributed by atoms with E-state index in [4.69, 9.17) is 25.8 Å². The SMILES string of the molecule is CC.CCOC(=O)C1=C(COCCN2C(=O)C3C=CC=CC3C2=O)NC(C)=C(C(=O)OC)C1c1ccccc1Cl. The van der Waals surface area contributed by atoms with E-state index in [0.717, 1.165) is 0 Å². The molecular formula is C30H35ClN2O7. The molecule has 214 valence electrons. The molecule has 40 heavy (non-hydrogen) atoms. The molecule has 1 aromatic rings. The zero-order chi connectivity index (χ0) is 29.4. The standard InChI is InChI=1S/C28H29ClN2O7.C2H6/c1-4-38-28(35)24-21(15-37-14-13-31-25(32)17-9-5-6-10-18(17)26(31)33)30-16(2)22(27(34)36-3)23(24)19-11-7-8-12-20(19)29;1-2/h5-12,17-18,23,30H,4,13-15H2,1-3H3;1-2H3. The summed E-state index contributed by atoms with van der Waals surface area (Å²) in [5, 5.41) is 3.47. The zero-order valence-electron chi connectivity index (χ0n) is 23.4. The molecule has 1 fully saturated rings. The van der Waals surface area contributed by atoms with Gasteiger partial charge in [-0.1, -0.05) is 68.0 Å². The molecule has 1 saturated heterocycles. The van der Waals surface area contributed by atoms with Crippen LogP contribution in [0.1, 0.15) is 39.2 Å². The highest BCUT2D eigenvalue weighted by Crippen LogP contribution is 2.42. The maximum atomic E-state index is 13.2. The Morgan fingerprint density at radius 1 is 1.00 bits per heavy atom. The van der Waals surface area contributed by atoms with Gasteiger partial charge in [-0.15, -0.1) is 0 Å². The number of esters is 2. The number of carbonyl (C=O) groups is 4. The van der Waals surface area contributed by atoms with Gasteiger partial charge < -0.3 is 19.5 Å². The number of allylic oxidation sites excluding steroid dienone is 3. The Bertz CT molecular complexity index is 1250. The van der Waals surface area contributed by atoms with Crippen LogP contribution in [0.15, 0.2) is 71.1 Å². The number of amides is 2. The Morgan fingerprint density at radius 2 is 1.62 bits per heavy atom. The van der Waals surface area contributed by atoms with Gasteiger partial charge in [0.25, 0.3) is 0 Å². The van der Waals surface area contributed by atoms with Gasteiger partial charge in [-0.05, 0) is 25.5 Å². The van der Waals surface area contributed by atoms with Gasteiger partial charge in [0.2, 0.25) is 11.8 Å². The summed E-state index contributed by atoms with van der Waals surface area (Å²) in [6.07, 6.45) is 6.99. The fourth-order valence-corrected chi connectivity index (χ4v) is 5.20. The fraction of sp³-hybridized carbons (Fsp3) is 0.400. The summed E-state index contributed by atoms with van der Waals surface area (Å²) in [6.45, 7) is 7.56. The van der Waals surface area contributed by atoms with E-state index in [2.05, 4.69) is 5.32 Å². The Labute approximate surface area is 239 Å². The molecule has 3 aliphatic rings. The number of fused-ring (bicyclic) bond motifs is 1. The summed E-state index contributed by atoms with van der Waals surface area (Å²) >= 11 is 6.51. The van der Waals surface area contributed by atoms with Crippen LogP contribution >= 0.6 is 11.6 Å². The average molecular weight is 571 g/mol. The summed E-state index contributed by atoms with van der Waals surface area (Å²) in [6, 6.07) is 6.92. The van der Waals surface area contributed by atoms with E-state index >= 15 is 0 Å². The highest BCUT2D eigenvalue weighted by molar-refractivity contribution is 6.31. The number of halogens is 1. The van der Waals surface area contributed by atoms with Crippen molar-refractivity contribution in [2.75, 3.05) is 33.5 Å². The maximum absolute atomic E-state index is 13.2. The minimum absolute atomic E-state index is 0.0506. The minimum atomic E-state index is -0.863. The van der Waals surface area contributed by atoms with E-state index in [9.17, 15) is 19.2 Å². The molecule has 4 rings (SSSR count). The van der Waals surface area contributed by atoms with Gasteiger partial charge in [0.1, 0.15) is 0 Å². The number of hydrogen-bond donors (Lipinski definition) is 1. The number of benzene rings is 1. The van der Waals surface area contributed by atoms with E-state index in [1.807, 2.05) is 13.8 Å². The van der Waals surface area contributed by atoms with E-state index in [1.165, 1.54) is 12.0 Å². The molecule has 1 N–H and O–H groups in total. The quantitative estimate of drug-likeness (QED) is 0.269. The molecule has 9 nitrogen and oxygen atoms in total. The third kappa shape index (κ3) is 6.21. The van der Waals surface area contributed by atoms with Crippen molar-refractivity contribution in [3.63, 3.8) is 0 Å². The highest BCUT2D eigenvalue weighted by atomic mass is 35.5. The molecule has 0 aromatic heterocycles. The fourth-order valence-electron chi connectivity index (χ4n) is 4.96. The summed E-state index contributed by atoms with van der Waals surface area (Å²) in [5.74, 6) is -3.59. The number of nitrogens with one attached hydrogen (secondary N) is 1. The third-order valence-corrected chi connectivity index (χ3v) is 7.05. The first-order chi connectivity index (χ1) is 19.3. The smallest absolute Gasteiger partial charge is 0.336 e. The number of carbonyl (C=O) groups excluding carboxylic acids is 4. The van der Waals surface area contributed by atoms with Gasteiger partial charge in [-0.2, -0.15) is 0 Å². The van der Waals surface area contributed by atoms with E-state index in [-0.39, 0.29) is 49.3 Å². The molecule has 2 aliphatic heterocycles. The monoisotopic (exact) mass is 570 g/mol. The molecule has 1 aromatic carbocycles. The molecule has 1 aliphatic carbocycles. The van der Waals surface area contributed by atoms with E-state index in [0.29, 0.717) is 22.0 Å². The number of nitrogens with zero attached hydrogens (tertiary/aromatic N) is 1. The normalized spacial score (nSPS) is 21.6. The summed E-state index contributed by atoms with van der Waals surface area (Å²) in [4.78, 5) is 52.6. The Balaban J connectivity index is 0.00000216. The Kier molecular flexibility index (Phi) is 10.9. The van der Waals surface area contributed by atoms with Crippen molar-refractivity contribution in [3.8, 4) is 0 Å². The van der Waals surface area contributed by atoms with Crippen LogP contribution < -0.4 is 5.32 Å². The molecular weight excluding hydrogens is 536 g/mol. The molecule has 3 atom stereocenters. The van der Waals surface area contributed by atoms with Crippen LogP contribution in [0.25, 0.3) is 0 Å². The second kappa shape index (κ2) is 14.1. The van der Waals surface area contributed by atoms with Crippen LogP contribution in [-0.2, 0) is 33.4 Å². The lowest BCUT2D eigenvalue weighted by molar-refractivity contribution is -0.141. The minimum Gasteiger partial charge on any atom is -0.466 e. The van der Waals surface area contributed by atoms with Gasteiger partial charge in [0.05, 0.1) is 68.1 Å². The molecule has 0 radical (unpaired) electrons. The molecule has 10 heteroatoms. The molecule has 0 saturated carbocycles. The first-order valence-corrected chi connectivity index (χ1v) is 13.7. The van der Waals surface area contributed by atoms with Gasteiger partial charge in [0.15, 0.2) is 0 Å². The molecule has 2 amide bonds. The van der Waals surface area contributed by atoms with Crippen LogP contribution in [-0.4, -0.2) is 62.1 Å². The molecule has 2 heterocycles. The summed E-state index contributed by atoms with van der Waals surface area (Å²) < 4.78 is 16.2. The lowest BCUT2D eigenvalue weighted by Gasteiger charge is -2.31. The van der Waals surface area contributed by atoms with Crippen LogP contribution in [0.2, 0.25) is 5.02 Å². The lowest BCUT2D eigenvalue weighted by atomic mass is 9.80. The van der Waals surface area contributed by atoms with Crippen LogP contribution in [0.4, 0.5) is 0 Å². The van der Waals surface area contributed by atoms with E-state index in [1.54, 1.807) is 62.4 Å². The van der Waals surface area contributed by atoms with Gasteiger partial charge in [0, 0.05) is 10.7 Å². The number of imide groups is 1. The Hall–Kier alpha value is -3.69. The van der Waals surface area contributed by atoms with Gasteiger partial charge in [-0.3, -0.25) is 14.5 Å².